The number of carbonyl (C=O) groups is 1. The van der Waals surface area contributed by atoms with E-state index in [-0.39, 0.29) is 19.9 Å². The van der Waals surface area contributed by atoms with Crippen molar-refractivity contribution in [1.29, 1.82) is 0 Å². The van der Waals surface area contributed by atoms with Crippen molar-refractivity contribution in [3.05, 3.63) is 97.1 Å². The first-order valence-electron chi connectivity index (χ1n) is 9.18. The molecule has 1 fully saturated rings. The molecule has 11 heteroatoms. The Kier molecular flexibility index (Phi) is 7.06. The summed E-state index contributed by atoms with van der Waals surface area (Å²) >= 11 is 19.3. The van der Waals surface area contributed by atoms with Gasteiger partial charge in [0.1, 0.15) is 5.82 Å². The molecule has 0 bridgehead atoms. The highest BCUT2D eigenvalue weighted by Crippen LogP contribution is 2.39. The van der Waals surface area contributed by atoms with Crippen LogP contribution in [0.25, 0.3) is 6.08 Å². The molecule has 0 aliphatic carbocycles. The Morgan fingerprint density at radius 3 is 2.48 bits per heavy atom. The number of benzene rings is 3. The first-order chi connectivity index (χ1) is 15.7. The Balaban J connectivity index is 1.63. The summed E-state index contributed by atoms with van der Waals surface area (Å²) in [5.41, 5.74) is 0.720. The van der Waals surface area contributed by atoms with Gasteiger partial charge in [-0.15, -0.1) is 0 Å². The number of thioether (sulfide) groups is 1. The minimum Gasteiger partial charge on any atom is -0.268 e. The summed E-state index contributed by atoms with van der Waals surface area (Å²) < 4.78 is 13.7. The monoisotopic (exact) mass is 536 g/mol. The summed E-state index contributed by atoms with van der Waals surface area (Å²) in [6.07, 6.45) is 1.54. The van der Waals surface area contributed by atoms with Gasteiger partial charge in [0.2, 0.25) is 0 Å². The van der Waals surface area contributed by atoms with Crippen molar-refractivity contribution in [2.45, 2.75) is 9.79 Å². The van der Waals surface area contributed by atoms with Gasteiger partial charge >= 0.3 is 0 Å². The minimum absolute atomic E-state index is 0.0931. The third kappa shape index (κ3) is 5.23. The second-order valence-corrected chi connectivity index (χ2v) is 10.3. The number of rotatable bonds is 5. The lowest BCUT2D eigenvalue weighted by atomic mass is 10.2. The molecule has 1 aliphatic rings. The molecule has 3 aromatic carbocycles. The highest BCUT2D eigenvalue weighted by molar-refractivity contribution is 8.27. The maximum Gasteiger partial charge on any atom is 0.283 e. The van der Waals surface area contributed by atoms with Crippen LogP contribution in [0.5, 0.6) is 0 Å². The maximum absolute atomic E-state index is 13.5. The number of halogens is 3. The lowest BCUT2D eigenvalue weighted by Gasteiger charge is -2.14. The molecule has 0 radical (unpaired) electrons. The Morgan fingerprint density at radius 2 is 1.82 bits per heavy atom. The Labute approximate surface area is 211 Å². The minimum atomic E-state index is -0.606. The standard InChI is InChI=1S/C22H11Cl2FN2O3S3/c23-13-2-5-15(6-3-13)32-19-8-1-12(9-18(19)27(29)30)10-20-21(28)26(22(31)33-20)14-4-7-17(25)16(24)11-14/h1-11H. The van der Waals surface area contributed by atoms with E-state index in [9.17, 15) is 19.3 Å². The van der Waals surface area contributed by atoms with Gasteiger partial charge in [-0.05, 0) is 60.2 Å². The van der Waals surface area contributed by atoms with Crippen molar-refractivity contribution in [3.8, 4) is 0 Å². The predicted molar refractivity (Wildman–Crippen MR) is 136 cm³/mol. The number of nitrogens with zero attached hydrogens (tertiary/aromatic N) is 2. The zero-order chi connectivity index (χ0) is 23.7. The smallest absolute Gasteiger partial charge is 0.268 e. The van der Waals surface area contributed by atoms with Gasteiger partial charge in [-0.3, -0.25) is 19.8 Å². The van der Waals surface area contributed by atoms with Crippen LogP contribution in [0.2, 0.25) is 10.0 Å². The van der Waals surface area contributed by atoms with Crippen LogP contribution in [0.4, 0.5) is 15.8 Å². The first-order valence-corrected chi connectivity index (χ1v) is 12.0. The summed E-state index contributed by atoms with van der Waals surface area (Å²) in [6.45, 7) is 0. The lowest BCUT2D eigenvalue weighted by Crippen LogP contribution is -2.27. The number of hydrogen-bond acceptors (Lipinski definition) is 6. The van der Waals surface area contributed by atoms with Crippen LogP contribution < -0.4 is 4.90 Å². The molecule has 0 atom stereocenters. The number of hydrogen-bond donors (Lipinski definition) is 0. The zero-order valence-corrected chi connectivity index (χ0v) is 20.3. The van der Waals surface area contributed by atoms with Crippen LogP contribution in [0, 0.1) is 15.9 Å². The van der Waals surface area contributed by atoms with Crippen LogP contribution in [0.1, 0.15) is 5.56 Å². The summed E-state index contributed by atoms with van der Waals surface area (Å²) in [7, 11) is 0. The van der Waals surface area contributed by atoms with Crippen LogP contribution in [0.15, 0.2) is 75.4 Å². The molecule has 4 rings (SSSR count). The number of thiocarbonyl (C=S) groups is 1. The van der Waals surface area contributed by atoms with Crippen molar-refractivity contribution < 1.29 is 14.1 Å². The van der Waals surface area contributed by atoms with Gasteiger partial charge in [-0.25, -0.2) is 4.39 Å². The third-order valence-electron chi connectivity index (χ3n) is 4.47. The van der Waals surface area contributed by atoms with E-state index in [1.54, 1.807) is 36.4 Å². The SMILES string of the molecule is O=C1C(=Cc2ccc(Sc3ccc(Cl)cc3)c([N+](=O)[O-])c2)SC(=S)N1c1ccc(F)c(Cl)c1. The molecule has 0 N–H and O–H groups in total. The topological polar surface area (TPSA) is 63.4 Å². The molecule has 5 nitrogen and oxygen atoms in total. The fraction of sp³-hybridized carbons (Fsp3) is 0. The van der Waals surface area contributed by atoms with Crippen molar-refractivity contribution in [3.63, 3.8) is 0 Å². The van der Waals surface area contributed by atoms with Gasteiger partial charge in [0.15, 0.2) is 4.32 Å². The second kappa shape index (κ2) is 9.82. The molecule has 3 aromatic rings. The van der Waals surface area contributed by atoms with Crippen LogP contribution in [0.3, 0.4) is 0 Å². The number of nitro groups is 1. The average Bonchev–Trinajstić information content (AvgIpc) is 3.05. The van der Waals surface area contributed by atoms with Crippen LogP contribution >= 0.6 is 58.9 Å². The molecule has 33 heavy (non-hydrogen) atoms. The van der Waals surface area contributed by atoms with E-state index in [4.69, 9.17) is 35.4 Å². The van der Waals surface area contributed by atoms with Gasteiger partial charge in [0, 0.05) is 16.0 Å². The molecule has 0 unspecified atom stereocenters. The second-order valence-electron chi connectivity index (χ2n) is 6.66. The van der Waals surface area contributed by atoms with Crippen molar-refractivity contribution in [2.75, 3.05) is 4.90 Å². The van der Waals surface area contributed by atoms with Crippen LogP contribution in [-0.4, -0.2) is 15.2 Å². The maximum atomic E-state index is 13.5. The molecular weight excluding hydrogens is 526 g/mol. The summed E-state index contributed by atoms with van der Waals surface area (Å²) in [6, 6.07) is 15.6. The molecule has 166 valence electrons. The quantitative estimate of drug-likeness (QED) is 0.145. The fourth-order valence-corrected chi connectivity index (χ4v) is 5.45. The highest BCUT2D eigenvalue weighted by atomic mass is 35.5. The number of anilines is 1. The molecule has 0 spiro atoms. The third-order valence-corrected chi connectivity index (χ3v) is 7.39. The van der Waals surface area contributed by atoms with E-state index in [1.807, 2.05) is 0 Å². The Morgan fingerprint density at radius 1 is 1.09 bits per heavy atom. The summed E-state index contributed by atoms with van der Waals surface area (Å²) in [5, 5.41) is 12.1. The predicted octanol–water partition coefficient (Wildman–Crippen LogP) is 7.60. The number of nitro benzene ring substituents is 1. The molecule has 0 aromatic heterocycles. The molecule has 1 heterocycles. The van der Waals surface area contributed by atoms with Crippen molar-refractivity contribution >= 4 is 86.6 Å². The van der Waals surface area contributed by atoms with Gasteiger partial charge in [-0.1, -0.05) is 65.0 Å². The highest BCUT2D eigenvalue weighted by Gasteiger charge is 2.33. The first kappa shape index (κ1) is 23.7. The molecular formula is C22H11Cl2FN2O3S3. The molecule has 1 aliphatic heterocycles. The van der Waals surface area contributed by atoms with Gasteiger partial charge < -0.3 is 0 Å². The van der Waals surface area contributed by atoms with Crippen LogP contribution in [-0.2, 0) is 4.79 Å². The molecule has 0 saturated carbocycles. The fourth-order valence-electron chi connectivity index (χ4n) is 2.95. The van der Waals surface area contributed by atoms with Gasteiger partial charge in [0.05, 0.1) is 25.4 Å². The van der Waals surface area contributed by atoms with Crippen molar-refractivity contribution in [1.82, 2.24) is 0 Å². The average molecular weight is 537 g/mol. The lowest BCUT2D eigenvalue weighted by molar-refractivity contribution is -0.387. The number of carbonyl (C=O) groups excluding carboxylic acids is 1. The Bertz CT molecular complexity index is 1330. The van der Waals surface area contributed by atoms with Crippen molar-refractivity contribution in [2.24, 2.45) is 0 Å². The number of amides is 1. The Hall–Kier alpha value is -2.43. The van der Waals surface area contributed by atoms with Gasteiger partial charge in [0.25, 0.3) is 11.6 Å². The van der Waals surface area contributed by atoms with E-state index in [0.717, 1.165) is 22.7 Å². The normalized spacial score (nSPS) is 14.9. The summed E-state index contributed by atoms with van der Waals surface area (Å²) in [5.74, 6) is -1.03. The molecule has 1 saturated heterocycles. The van der Waals surface area contributed by atoms with Gasteiger partial charge in [-0.2, -0.15) is 0 Å². The van der Waals surface area contributed by atoms with E-state index >= 15 is 0 Å². The van der Waals surface area contributed by atoms with E-state index in [2.05, 4.69) is 0 Å². The zero-order valence-electron chi connectivity index (χ0n) is 16.3. The van der Waals surface area contributed by atoms with E-state index in [0.29, 0.717) is 21.2 Å². The van der Waals surface area contributed by atoms with E-state index < -0.39 is 16.6 Å². The summed E-state index contributed by atoms with van der Waals surface area (Å²) in [4.78, 5) is 26.9. The largest absolute Gasteiger partial charge is 0.283 e. The molecule has 1 amide bonds. The van der Waals surface area contributed by atoms with E-state index in [1.165, 1.54) is 40.9 Å².